The van der Waals surface area contributed by atoms with E-state index in [9.17, 15) is 10.1 Å². The summed E-state index contributed by atoms with van der Waals surface area (Å²) in [5.74, 6) is 0.149. The van der Waals surface area contributed by atoms with Crippen LogP contribution in [0.2, 0.25) is 0 Å². The standard InChI is InChI=1S/C10H18N4O2/c1-5-7(4)13-10(11)9(14(15)16)8(12-13)6(2)3/h6-7H,5,11H2,1-4H3. The van der Waals surface area contributed by atoms with E-state index in [1.54, 1.807) is 4.68 Å². The minimum absolute atomic E-state index is 0.00648. The van der Waals surface area contributed by atoms with Gasteiger partial charge in [-0.25, -0.2) is 4.68 Å². The molecule has 90 valence electrons. The van der Waals surface area contributed by atoms with Crippen LogP contribution < -0.4 is 5.73 Å². The van der Waals surface area contributed by atoms with E-state index in [4.69, 9.17) is 5.73 Å². The number of hydrogen-bond acceptors (Lipinski definition) is 4. The second-order valence-corrected chi connectivity index (χ2v) is 4.23. The molecule has 0 spiro atoms. The smallest absolute Gasteiger partial charge is 0.334 e. The number of nitrogens with two attached hydrogens (primary N) is 1. The van der Waals surface area contributed by atoms with Crippen LogP contribution in [0, 0.1) is 10.1 Å². The highest BCUT2D eigenvalue weighted by Gasteiger charge is 2.28. The molecule has 1 heterocycles. The van der Waals surface area contributed by atoms with Crippen LogP contribution in [0.4, 0.5) is 11.5 Å². The Bertz CT molecular complexity index is 398. The molecule has 0 aliphatic heterocycles. The Balaban J connectivity index is 3.35. The molecule has 1 unspecified atom stereocenters. The molecule has 0 aliphatic rings. The van der Waals surface area contributed by atoms with E-state index in [0.29, 0.717) is 5.69 Å². The molecule has 1 rings (SSSR count). The molecular weight excluding hydrogens is 208 g/mol. The fourth-order valence-electron chi connectivity index (χ4n) is 1.54. The fraction of sp³-hybridized carbons (Fsp3) is 0.700. The lowest BCUT2D eigenvalue weighted by atomic mass is 10.1. The summed E-state index contributed by atoms with van der Waals surface area (Å²) >= 11 is 0. The molecule has 6 heteroatoms. The number of nitro groups is 1. The van der Waals surface area contributed by atoms with Gasteiger partial charge in [0.15, 0.2) is 0 Å². The molecule has 6 nitrogen and oxygen atoms in total. The van der Waals surface area contributed by atoms with E-state index in [2.05, 4.69) is 5.10 Å². The van der Waals surface area contributed by atoms with Gasteiger partial charge in [0.05, 0.1) is 11.0 Å². The lowest BCUT2D eigenvalue weighted by molar-refractivity contribution is -0.384. The van der Waals surface area contributed by atoms with E-state index in [1.165, 1.54) is 0 Å². The minimum Gasteiger partial charge on any atom is -0.378 e. The molecule has 0 bridgehead atoms. The minimum atomic E-state index is -0.448. The molecular formula is C10H18N4O2. The van der Waals surface area contributed by atoms with E-state index >= 15 is 0 Å². The Hall–Kier alpha value is -1.59. The number of hydrogen-bond donors (Lipinski definition) is 1. The van der Waals surface area contributed by atoms with Gasteiger partial charge in [-0.1, -0.05) is 20.8 Å². The van der Waals surface area contributed by atoms with Gasteiger partial charge in [0.1, 0.15) is 5.69 Å². The molecule has 16 heavy (non-hydrogen) atoms. The second-order valence-electron chi connectivity index (χ2n) is 4.23. The quantitative estimate of drug-likeness (QED) is 0.631. The molecule has 0 saturated heterocycles. The van der Waals surface area contributed by atoms with Gasteiger partial charge in [0, 0.05) is 5.92 Å². The van der Waals surface area contributed by atoms with Crippen LogP contribution in [0.25, 0.3) is 0 Å². The van der Waals surface area contributed by atoms with Crippen LogP contribution in [0.15, 0.2) is 0 Å². The summed E-state index contributed by atoms with van der Waals surface area (Å²) in [6.07, 6.45) is 0.834. The Morgan fingerprint density at radius 2 is 2.06 bits per heavy atom. The average molecular weight is 226 g/mol. The highest BCUT2D eigenvalue weighted by molar-refractivity contribution is 5.57. The van der Waals surface area contributed by atoms with E-state index in [1.807, 2.05) is 27.7 Å². The first-order chi connectivity index (χ1) is 7.40. The van der Waals surface area contributed by atoms with E-state index in [-0.39, 0.29) is 23.5 Å². The monoisotopic (exact) mass is 226 g/mol. The molecule has 0 saturated carbocycles. The molecule has 0 fully saturated rings. The van der Waals surface area contributed by atoms with Gasteiger partial charge in [0.25, 0.3) is 0 Å². The molecule has 0 amide bonds. The number of anilines is 1. The van der Waals surface area contributed by atoms with Crippen LogP contribution in [-0.4, -0.2) is 14.7 Å². The first kappa shape index (κ1) is 12.5. The summed E-state index contributed by atoms with van der Waals surface area (Å²) in [5, 5.41) is 15.2. The van der Waals surface area contributed by atoms with Crippen molar-refractivity contribution in [2.45, 2.75) is 46.1 Å². The topological polar surface area (TPSA) is 87.0 Å². The average Bonchev–Trinajstić information content (AvgIpc) is 2.55. The van der Waals surface area contributed by atoms with Gasteiger partial charge in [0.2, 0.25) is 5.82 Å². The van der Waals surface area contributed by atoms with Crippen molar-refractivity contribution in [3.63, 3.8) is 0 Å². The predicted molar refractivity (Wildman–Crippen MR) is 62.4 cm³/mol. The summed E-state index contributed by atoms with van der Waals surface area (Å²) in [6, 6.07) is 0.0752. The van der Waals surface area contributed by atoms with E-state index in [0.717, 1.165) is 6.42 Å². The SMILES string of the molecule is CCC(C)n1nc(C(C)C)c([N+](=O)[O-])c1N. The molecule has 2 N–H and O–H groups in total. The van der Waals surface area contributed by atoms with Crippen LogP contribution in [0.3, 0.4) is 0 Å². The van der Waals surface area contributed by atoms with Gasteiger partial charge < -0.3 is 5.73 Å². The predicted octanol–water partition coefficient (Wildman–Crippen LogP) is 2.47. The van der Waals surface area contributed by atoms with Crippen molar-refractivity contribution < 1.29 is 4.92 Å². The highest BCUT2D eigenvalue weighted by atomic mass is 16.6. The van der Waals surface area contributed by atoms with Gasteiger partial charge in [-0.3, -0.25) is 10.1 Å². The summed E-state index contributed by atoms with van der Waals surface area (Å²) < 4.78 is 1.55. The third-order valence-corrected chi connectivity index (χ3v) is 2.69. The van der Waals surface area contributed by atoms with Crippen molar-refractivity contribution in [2.24, 2.45) is 0 Å². The van der Waals surface area contributed by atoms with Crippen molar-refractivity contribution >= 4 is 11.5 Å². The zero-order chi connectivity index (χ0) is 12.5. The number of nitrogen functional groups attached to an aromatic ring is 1. The molecule has 1 aromatic rings. The third-order valence-electron chi connectivity index (χ3n) is 2.69. The zero-order valence-electron chi connectivity index (χ0n) is 10.1. The maximum absolute atomic E-state index is 10.9. The lowest BCUT2D eigenvalue weighted by Crippen LogP contribution is -2.09. The van der Waals surface area contributed by atoms with E-state index < -0.39 is 4.92 Å². The van der Waals surface area contributed by atoms with Gasteiger partial charge >= 0.3 is 5.69 Å². The maximum atomic E-state index is 10.9. The molecule has 0 aromatic carbocycles. The number of aromatic nitrogens is 2. The Kier molecular flexibility index (Phi) is 3.51. The maximum Gasteiger partial charge on any atom is 0.334 e. The van der Waals surface area contributed by atoms with Crippen molar-refractivity contribution in [3.05, 3.63) is 15.8 Å². The molecule has 1 aromatic heterocycles. The van der Waals surface area contributed by atoms with Gasteiger partial charge in [-0.05, 0) is 13.3 Å². The summed E-state index contributed by atoms with van der Waals surface area (Å²) in [7, 11) is 0. The first-order valence-electron chi connectivity index (χ1n) is 5.42. The summed E-state index contributed by atoms with van der Waals surface area (Å²) in [4.78, 5) is 10.5. The fourth-order valence-corrected chi connectivity index (χ4v) is 1.54. The third kappa shape index (κ3) is 2.00. The van der Waals surface area contributed by atoms with Crippen molar-refractivity contribution in [1.29, 1.82) is 0 Å². The van der Waals surface area contributed by atoms with Gasteiger partial charge in [-0.2, -0.15) is 5.10 Å². The van der Waals surface area contributed by atoms with Gasteiger partial charge in [-0.15, -0.1) is 0 Å². The van der Waals surface area contributed by atoms with Crippen LogP contribution >= 0.6 is 0 Å². The zero-order valence-corrected chi connectivity index (χ0v) is 10.1. The van der Waals surface area contributed by atoms with Crippen molar-refractivity contribution in [2.75, 3.05) is 5.73 Å². The highest BCUT2D eigenvalue weighted by Crippen LogP contribution is 2.33. The van der Waals surface area contributed by atoms with Crippen molar-refractivity contribution in [1.82, 2.24) is 9.78 Å². The second kappa shape index (κ2) is 4.51. The lowest BCUT2D eigenvalue weighted by Gasteiger charge is -2.09. The Morgan fingerprint density at radius 3 is 2.38 bits per heavy atom. The van der Waals surface area contributed by atoms with Crippen molar-refractivity contribution in [3.8, 4) is 0 Å². The summed E-state index contributed by atoms with van der Waals surface area (Å²) in [5.41, 5.74) is 6.19. The van der Waals surface area contributed by atoms with Crippen LogP contribution in [0.5, 0.6) is 0 Å². The normalized spacial score (nSPS) is 13.1. The van der Waals surface area contributed by atoms with Crippen LogP contribution in [-0.2, 0) is 0 Å². The summed E-state index contributed by atoms with van der Waals surface area (Å²) in [6.45, 7) is 7.68. The largest absolute Gasteiger partial charge is 0.378 e. The molecule has 0 aliphatic carbocycles. The Morgan fingerprint density at radius 1 is 1.50 bits per heavy atom. The Labute approximate surface area is 94.6 Å². The first-order valence-corrected chi connectivity index (χ1v) is 5.42. The number of rotatable bonds is 4. The molecule has 1 atom stereocenters. The van der Waals surface area contributed by atoms with Crippen LogP contribution in [0.1, 0.15) is 51.8 Å². The number of nitrogens with zero attached hydrogens (tertiary/aromatic N) is 3. The molecule has 0 radical (unpaired) electrons.